The first-order valence-corrected chi connectivity index (χ1v) is 5.22. The molecule has 0 bridgehead atoms. The number of nitrogens with two attached hydrogens (primary N) is 1. The highest BCUT2D eigenvalue weighted by atomic mass is 16.3. The van der Waals surface area contributed by atoms with Crippen molar-refractivity contribution in [2.45, 2.75) is 45.2 Å². The molecule has 0 spiro atoms. The largest absolute Gasteiger partial charge is 0.395 e. The van der Waals surface area contributed by atoms with E-state index in [9.17, 15) is 0 Å². The summed E-state index contributed by atoms with van der Waals surface area (Å²) in [6.07, 6.45) is 3.24. The predicted octanol–water partition coefficient (Wildman–Crippen LogP) is 0.816. The highest BCUT2D eigenvalue weighted by molar-refractivity contribution is 4.68. The molecule has 0 aliphatic carbocycles. The van der Waals surface area contributed by atoms with Gasteiger partial charge in [-0.3, -0.25) is 0 Å². The Kier molecular flexibility index (Phi) is 7.23. The monoisotopic (exact) mass is 188 g/mol. The number of aliphatic hydroxyl groups is 1. The third kappa shape index (κ3) is 5.24. The molecule has 0 fully saturated rings. The Morgan fingerprint density at radius 2 is 1.85 bits per heavy atom. The van der Waals surface area contributed by atoms with Crippen LogP contribution in [0.4, 0.5) is 0 Å². The molecule has 3 heteroatoms. The minimum atomic E-state index is -0.0585. The average molecular weight is 188 g/mol. The standard InChI is InChI=1S/C10H24N2O/c1-4-10(5-2)12(3)7-6-9(11)8-13/h9-10,13H,4-8,11H2,1-3H3. The van der Waals surface area contributed by atoms with Crippen molar-refractivity contribution in [3.63, 3.8) is 0 Å². The van der Waals surface area contributed by atoms with Gasteiger partial charge in [-0.25, -0.2) is 0 Å². The molecule has 0 radical (unpaired) electrons. The van der Waals surface area contributed by atoms with Crippen molar-refractivity contribution in [1.82, 2.24) is 4.90 Å². The summed E-state index contributed by atoms with van der Waals surface area (Å²) in [7, 11) is 2.13. The van der Waals surface area contributed by atoms with E-state index in [0.29, 0.717) is 6.04 Å². The topological polar surface area (TPSA) is 49.5 Å². The molecule has 0 saturated carbocycles. The van der Waals surface area contributed by atoms with Crippen LogP contribution in [-0.4, -0.2) is 42.3 Å². The Bertz CT molecular complexity index is 115. The predicted molar refractivity (Wildman–Crippen MR) is 56.7 cm³/mol. The molecule has 1 unspecified atom stereocenters. The summed E-state index contributed by atoms with van der Waals surface area (Å²) in [6, 6.07) is 0.600. The van der Waals surface area contributed by atoms with Gasteiger partial charge in [0.15, 0.2) is 0 Å². The summed E-state index contributed by atoms with van der Waals surface area (Å²) in [5, 5.41) is 8.76. The zero-order valence-corrected chi connectivity index (χ0v) is 9.16. The first kappa shape index (κ1) is 12.9. The van der Waals surface area contributed by atoms with E-state index in [1.165, 1.54) is 12.8 Å². The van der Waals surface area contributed by atoms with Crippen LogP contribution in [0.2, 0.25) is 0 Å². The van der Waals surface area contributed by atoms with Crippen LogP contribution < -0.4 is 5.73 Å². The van der Waals surface area contributed by atoms with Crippen molar-refractivity contribution < 1.29 is 5.11 Å². The van der Waals surface area contributed by atoms with Gasteiger partial charge in [-0.2, -0.15) is 0 Å². The molecular formula is C10H24N2O. The van der Waals surface area contributed by atoms with E-state index >= 15 is 0 Å². The Morgan fingerprint density at radius 3 is 2.23 bits per heavy atom. The second-order valence-corrected chi connectivity index (χ2v) is 3.68. The van der Waals surface area contributed by atoms with E-state index in [-0.39, 0.29) is 12.6 Å². The Morgan fingerprint density at radius 1 is 1.31 bits per heavy atom. The van der Waals surface area contributed by atoms with Crippen LogP contribution in [0.1, 0.15) is 33.1 Å². The lowest BCUT2D eigenvalue weighted by molar-refractivity contribution is 0.201. The Hall–Kier alpha value is -0.120. The first-order valence-electron chi connectivity index (χ1n) is 5.22. The van der Waals surface area contributed by atoms with E-state index in [0.717, 1.165) is 13.0 Å². The van der Waals surface area contributed by atoms with Crippen LogP contribution in [0, 0.1) is 0 Å². The van der Waals surface area contributed by atoms with Crippen molar-refractivity contribution in [2.24, 2.45) is 5.73 Å². The Balaban J connectivity index is 3.65. The summed E-state index contributed by atoms with van der Waals surface area (Å²) in [5.74, 6) is 0. The van der Waals surface area contributed by atoms with Crippen LogP contribution in [0.3, 0.4) is 0 Å². The van der Waals surface area contributed by atoms with Gasteiger partial charge < -0.3 is 15.7 Å². The maximum atomic E-state index is 8.76. The number of nitrogens with zero attached hydrogens (tertiary/aromatic N) is 1. The highest BCUT2D eigenvalue weighted by Gasteiger charge is 2.10. The zero-order valence-electron chi connectivity index (χ0n) is 9.16. The molecule has 3 nitrogen and oxygen atoms in total. The van der Waals surface area contributed by atoms with Gasteiger partial charge in [-0.05, 0) is 32.9 Å². The van der Waals surface area contributed by atoms with Crippen molar-refractivity contribution in [3.8, 4) is 0 Å². The highest BCUT2D eigenvalue weighted by Crippen LogP contribution is 2.06. The van der Waals surface area contributed by atoms with Gasteiger partial charge in [0.05, 0.1) is 6.61 Å². The van der Waals surface area contributed by atoms with E-state index in [4.69, 9.17) is 10.8 Å². The molecule has 80 valence electrons. The normalized spacial score (nSPS) is 14.1. The molecule has 0 aromatic rings. The molecule has 0 rings (SSSR count). The molecular weight excluding hydrogens is 164 g/mol. The lowest BCUT2D eigenvalue weighted by Gasteiger charge is -2.26. The minimum Gasteiger partial charge on any atom is -0.395 e. The van der Waals surface area contributed by atoms with Gasteiger partial charge >= 0.3 is 0 Å². The molecule has 0 aliphatic rings. The van der Waals surface area contributed by atoms with Crippen molar-refractivity contribution in [2.75, 3.05) is 20.2 Å². The van der Waals surface area contributed by atoms with Crippen molar-refractivity contribution in [1.29, 1.82) is 0 Å². The molecule has 0 heterocycles. The molecule has 1 atom stereocenters. The van der Waals surface area contributed by atoms with Gasteiger partial charge in [-0.1, -0.05) is 13.8 Å². The summed E-state index contributed by atoms with van der Waals surface area (Å²) in [4.78, 5) is 2.33. The third-order valence-corrected chi connectivity index (χ3v) is 2.65. The van der Waals surface area contributed by atoms with Crippen LogP contribution >= 0.6 is 0 Å². The lowest BCUT2D eigenvalue weighted by Crippen LogP contribution is -2.35. The fraction of sp³-hybridized carbons (Fsp3) is 1.00. The number of rotatable bonds is 7. The maximum Gasteiger partial charge on any atom is 0.0583 e. The van der Waals surface area contributed by atoms with E-state index in [1.807, 2.05) is 0 Å². The average Bonchev–Trinajstić information content (AvgIpc) is 2.16. The molecule has 0 aromatic carbocycles. The fourth-order valence-corrected chi connectivity index (χ4v) is 1.56. The van der Waals surface area contributed by atoms with Crippen LogP contribution in [0.15, 0.2) is 0 Å². The Labute approximate surface area is 81.9 Å². The fourth-order valence-electron chi connectivity index (χ4n) is 1.56. The number of hydrogen-bond acceptors (Lipinski definition) is 3. The summed E-state index contributed by atoms with van der Waals surface area (Å²) in [6.45, 7) is 5.48. The SMILES string of the molecule is CCC(CC)N(C)CCC(N)CO. The van der Waals surface area contributed by atoms with Gasteiger partial charge in [0, 0.05) is 12.1 Å². The summed E-state index contributed by atoms with van der Waals surface area (Å²) in [5.41, 5.74) is 5.63. The third-order valence-electron chi connectivity index (χ3n) is 2.65. The second-order valence-electron chi connectivity index (χ2n) is 3.68. The first-order chi connectivity index (χ1) is 6.15. The van der Waals surface area contributed by atoms with Gasteiger partial charge in [-0.15, -0.1) is 0 Å². The summed E-state index contributed by atoms with van der Waals surface area (Å²) < 4.78 is 0. The minimum absolute atomic E-state index is 0.0585. The van der Waals surface area contributed by atoms with Gasteiger partial charge in [0.2, 0.25) is 0 Å². The van der Waals surface area contributed by atoms with E-state index in [2.05, 4.69) is 25.8 Å². The second kappa shape index (κ2) is 7.30. The van der Waals surface area contributed by atoms with Gasteiger partial charge in [0.1, 0.15) is 0 Å². The quantitative estimate of drug-likeness (QED) is 0.622. The summed E-state index contributed by atoms with van der Waals surface area (Å²) >= 11 is 0. The molecule has 0 amide bonds. The smallest absolute Gasteiger partial charge is 0.0583 e. The van der Waals surface area contributed by atoms with Gasteiger partial charge in [0.25, 0.3) is 0 Å². The van der Waals surface area contributed by atoms with Crippen LogP contribution in [0.5, 0.6) is 0 Å². The molecule has 0 saturated heterocycles. The molecule has 13 heavy (non-hydrogen) atoms. The number of hydrogen-bond donors (Lipinski definition) is 2. The van der Waals surface area contributed by atoms with Crippen LogP contribution in [0.25, 0.3) is 0 Å². The van der Waals surface area contributed by atoms with E-state index in [1.54, 1.807) is 0 Å². The van der Waals surface area contributed by atoms with E-state index < -0.39 is 0 Å². The lowest BCUT2D eigenvalue weighted by atomic mass is 10.1. The molecule has 3 N–H and O–H groups in total. The zero-order chi connectivity index (χ0) is 10.3. The van der Waals surface area contributed by atoms with Crippen molar-refractivity contribution in [3.05, 3.63) is 0 Å². The number of aliphatic hydroxyl groups excluding tert-OH is 1. The maximum absolute atomic E-state index is 8.76. The molecule has 0 aliphatic heterocycles. The molecule has 0 aromatic heterocycles. The van der Waals surface area contributed by atoms with Crippen LogP contribution in [-0.2, 0) is 0 Å². The van der Waals surface area contributed by atoms with Crippen molar-refractivity contribution >= 4 is 0 Å².